The Labute approximate surface area is 77.8 Å². The molecule has 0 fully saturated rings. The Morgan fingerprint density at radius 3 is 2.25 bits per heavy atom. The van der Waals surface area contributed by atoms with E-state index in [1.165, 1.54) is 12.1 Å². The number of halogens is 2. The van der Waals surface area contributed by atoms with Gasteiger partial charge >= 0.3 is 0 Å². The van der Waals surface area contributed by atoms with Gasteiger partial charge in [0.25, 0.3) is 0 Å². The van der Waals surface area contributed by atoms with Crippen molar-refractivity contribution in [3.8, 4) is 0 Å². The van der Waals surface area contributed by atoms with Crippen molar-refractivity contribution in [1.29, 1.82) is 0 Å². The third kappa shape index (κ3) is 1.83. The van der Waals surface area contributed by atoms with Gasteiger partial charge in [0.2, 0.25) is 0 Å². The molecule has 0 aliphatic carbocycles. The molecule has 0 spiro atoms. The zero-order chi connectivity index (χ0) is 9.14. The Hall–Kier alpha value is -0.450. The lowest BCUT2D eigenvalue weighted by Crippen LogP contribution is -1.94. The van der Waals surface area contributed by atoms with Crippen molar-refractivity contribution in [2.45, 2.75) is 13.2 Å². The number of benzene rings is 1. The Kier molecular flexibility index (Phi) is 3.20. The number of hydrogen-bond acceptors (Lipinski definition) is 2. The molecule has 0 unspecified atom stereocenters. The zero-order valence-corrected chi connectivity index (χ0v) is 7.81. The lowest BCUT2D eigenvalue weighted by Gasteiger charge is -2.04. The van der Waals surface area contributed by atoms with Gasteiger partial charge in [0.15, 0.2) is 0 Å². The van der Waals surface area contributed by atoms with E-state index < -0.39 is 5.82 Å². The van der Waals surface area contributed by atoms with Crippen LogP contribution in [0.5, 0.6) is 0 Å². The smallest absolute Gasteiger partial charge is 0.129 e. The van der Waals surface area contributed by atoms with Crippen LogP contribution in [-0.4, -0.2) is 10.2 Å². The Bertz CT molecular complexity index is 263. The van der Waals surface area contributed by atoms with E-state index in [4.69, 9.17) is 10.2 Å². The van der Waals surface area contributed by atoms with Crippen molar-refractivity contribution in [2.75, 3.05) is 0 Å². The van der Waals surface area contributed by atoms with Crippen molar-refractivity contribution in [3.05, 3.63) is 33.5 Å². The van der Waals surface area contributed by atoms with Crippen LogP contribution in [-0.2, 0) is 13.2 Å². The predicted molar refractivity (Wildman–Crippen MR) is 45.9 cm³/mol. The average Bonchev–Trinajstić information content (AvgIpc) is 2.05. The van der Waals surface area contributed by atoms with E-state index >= 15 is 0 Å². The van der Waals surface area contributed by atoms with Gasteiger partial charge in [0.05, 0.1) is 13.2 Å². The van der Waals surface area contributed by atoms with E-state index in [1.54, 1.807) is 0 Å². The Balaban J connectivity index is 3.18. The molecular weight excluding hydrogens is 227 g/mol. The van der Waals surface area contributed by atoms with Gasteiger partial charge in [-0.3, -0.25) is 0 Å². The first kappa shape index (κ1) is 9.64. The molecule has 1 aromatic carbocycles. The van der Waals surface area contributed by atoms with Crippen LogP contribution >= 0.6 is 15.9 Å². The topological polar surface area (TPSA) is 40.5 Å². The standard InChI is InChI=1S/C8H8BrFO2/c9-7-2-8(10)6(4-12)1-5(7)3-11/h1-2,11-12H,3-4H2. The second-order valence-electron chi connectivity index (χ2n) is 2.35. The van der Waals surface area contributed by atoms with Crippen molar-refractivity contribution in [3.63, 3.8) is 0 Å². The molecule has 0 aliphatic heterocycles. The molecule has 0 aliphatic rings. The summed E-state index contributed by atoms with van der Waals surface area (Å²) < 4.78 is 13.4. The summed E-state index contributed by atoms with van der Waals surface area (Å²) in [6.45, 7) is -0.528. The highest BCUT2D eigenvalue weighted by Crippen LogP contribution is 2.21. The molecule has 0 amide bonds. The van der Waals surface area contributed by atoms with Crippen LogP contribution in [0.4, 0.5) is 4.39 Å². The van der Waals surface area contributed by atoms with Crippen LogP contribution in [0.2, 0.25) is 0 Å². The fraction of sp³-hybridized carbons (Fsp3) is 0.250. The summed E-state index contributed by atoms with van der Waals surface area (Å²) in [4.78, 5) is 0. The van der Waals surface area contributed by atoms with Crippen LogP contribution in [0, 0.1) is 5.82 Å². The molecule has 0 saturated carbocycles. The lowest BCUT2D eigenvalue weighted by molar-refractivity contribution is 0.270. The molecule has 0 atom stereocenters. The van der Waals surface area contributed by atoms with Crippen molar-refractivity contribution < 1.29 is 14.6 Å². The fourth-order valence-electron chi connectivity index (χ4n) is 0.887. The van der Waals surface area contributed by atoms with Crippen LogP contribution in [0.3, 0.4) is 0 Å². The first-order valence-corrected chi connectivity index (χ1v) is 4.17. The first-order valence-electron chi connectivity index (χ1n) is 3.37. The number of rotatable bonds is 2. The maximum Gasteiger partial charge on any atom is 0.129 e. The van der Waals surface area contributed by atoms with Crippen LogP contribution in [0.25, 0.3) is 0 Å². The molecule has 12 heavy (non-hydrogen) atoms. The van der Waals surface area contributed by atoms with Gasteiger partial charge in [-0.05, 0) is 17.7 Å². The molecule has 1 aromatic rings. The monoisotopic (exact) mass is 234 g/mol. The van der Waals surface area contributed by atoms with Gasteiger partial charge in [-0.25, -0.2) is 4.39 Å². The number of aliphatic hydroxyl groups is 2. The highest BCUT2D eigenvalue weighted by Gasteiger charge is 2.06. The number of aliphatic hydroxyl groups excluding tert-OH is 2. The molecule has 2 N–H and O–H groups in total. The largest absolute Gasteiger partial charge is 0.392 e. The van der Waals surface area contributed by atoms with E-state index in [-0.39, 0.29) is 18.8 Å². The van der Waals surface area contributed by atoms with Gasteiger partial charge in [-0.15, -0.1) is 0 Å². The lowest BCUT2D eigenvalue weighted by atomic mass is 10.1. The van der Waals surface area contributed by atoms with Crippen molar-refractivity contribution in [2.24, 2.45) is 0 Å². The van der Waals surface area contributed by atoms with Gasteiger partial charge in [-0.2, -0.15) is 0 Å². The Morgan fingerprint density at radius 2 is 1.75 bits per heavy atom. The summed E-state index contributed by atoms with van der Waals surface area (Å²) in [5.74, 6) is -0.471. The molecule has 2 nitrogen and oxygen atoms in total. The van der Waals surface area contributed by atoms with E-state index in [0.29, 0.717) is 10.0 Å². The maximum absolute atomic E-state index is 12.9. The van der Waals surface area contributed by atoms with E-state index in [9.17, 15) is 4.39 Å². The molecule has 1 rings (SSSR count). The minimum atomic E-state index is -0.471. The third-order valence-corrected chi connectivity index (χ3v) is 2.29. The summed E-state index contributed by atoms with van der Waals surface area (Å²) >= 11 is 3.09. The Morgan fingerprint density at radius 1 is 1.17 bits per heavy atom. The molecule has 0 radical (unpaired) electrons. The minimum absolute atomic E-state index is 0.173. The normalized spacial score (nSPS) is 10.3. The summed E-state index contributed by atoms with van der Waals surface area (Å²) in [5.41, 5.74) is 0.766. The molecule has 4 heteroatoms. The summed E-state index contributed by atoms with van der Waals surface area (Å²) in [6.07, 6.45) is 0. The van der Waals surface area contributed by atoms with Crippen molar-refractivity contribution >= 4 is 15.9 Å². The van der Waals surface area contributed by atoms with Gasteiger partial charge < -0.3 is 10.2 Å². The summed E-state index contributed by atoms with van der Waals surface area (Å²) in [6, 6.07) is 2.66. The highest BCUT2D eigenvalue weighted by atomic mass is 79.9. The number of hydrogen-bond donors (Lipinski definition) is 2. The maximum atomic E-state index is 12.9. The van der Waals surface area contributed by atoms with Crippen LogP contribution in [0.1, 0.15) is 11.1 Å². The molecule has 66 valence electrons. The second-order valence-corrected chi connectivity index (χ2v) is 3.21. The van der Waals surface area contributed by atoms with Gasteiger partial charge in [-0.1, -0.05) is 15.9 Å². The SMILES string of the molecule is OCc1cc(CO)c(Br)cc1F. The van der Waals surface area contributed by atoms with Crippen LogP contribution in [0.15, 0.2) is 16.6 Å². The first-order chi connectivity index (χ1) is 5.69. The van der Waals surface area contributed by atoms with E-state index in [2.05, 4.69) is 15.9 Å². The van der Waals surface area contributed by atoms with Crippen LogP contribution < -0.4 is 0 Å². The van der Waals surface area contributed by atoms with Gasteiger partial charge in [0, 0.05) is 10.0 Å². The summed E-state index contributed by atoms with van der Waals surface area (Å²) in [5, 5.41) is 17.5. The molecule has 0 bridgehead atoms. The third-order valence-electron chi connectivity index (χ3n) is 1.56. The zero-order valence-electron chi connectivity index (χ0n) is 6.22. The molecule has 0 saturated heterocycles. The van der Waals surface area contributed by atoms with E-state index in [0.717, 1.165) is 0 Å². The van der Waals surface area contributed by atoms with Gasteiger partial charge in [0.1, 0.15) is 5.82 Å². The molecule has 0 aromatic heterocycles. The van der Waals surface area contributed by atoms with E-state index in [1.807, 2.05) is 0 Å². The quantitative estimate of drug-likeness (QED) is 0.816. The minimum Gasteiger partial charge on any atom is -0.392 e. The van der Waals surface area contributed by atoms with Crippen molar-refractivity contribution in [1.82, 2.24) is 0 Å². The highest BCUT2D eigenvalue weighted by molar-refractivity contribution is 9.10. The average molecular weight is 235 g/mol. The summed E-state index contributed by atoms with van der Waals surface area (Å²) in [7, 11) is 0. The second kappa shape index (κ2) is 3.98. The predicted octanol–water partition coefficient (Wildman–Crippen LogP) is 1.57. The molecule has 0 heterocycles. The molecular formula is C8H8BrFO2. The fourth-order valence-corrected chi connectivity index (χ4v) is 1.33.